The van der Waals surface area contributed by atoms with Gasteiger partial charge in [-0.25, -0.2) is 0 Å². The molecule has 2 N–H and O–H groups in total. The highest BCUT2D eigenvalue weighted by Crippen LogP contribution is 2.58. The number of nitrogens with one attached hydrogen (secondary N) is 2. The first-order chi connectivity index (χ1) is 11.6. The highest BCUT2D eigenvalue weighted by Gasteiger charge is 2.57. The van der Waals surface area contributed by atoms with Crippen LogP contribution in [0.5, 0.6) is 5.75 Å². The molecule has 1 aliphatic carbocycles. The smallest absolute Gasteiger partial charge is 0.308 e. The molecule has 2 fully saturated rings. The van der Waals surface area contributed by atoms with E-state index in [1.54, 1.807) is 12.1 Å². The van der Waals surface area contributed by atoms with Gasteiger partial charge in [0, 0.05) is 11.6 Å². The average molecular weight is 369 g/mol. The minimum atomic E-state index is -0.296. The molecule has 1 saturated heterocycles. The minimum absolute atomic E-state index is 0. The number of hydrogen-bond acceptors (Lipinski definition) is 5. The van der Waals surface area contributed by atoms with Crippen molar-refractivity contribution in [1.82, 2.24) is 5.32 Å². The number of ether oxygens (including phenoxy) is 2. The number of halogens is 1. The van der Waals surface area contributed by atoms with Gasteiger partial charge in [0.2, 0.25) is 5.91 Å². The quantitative estimate of drug-likeness (QED) is 0.754. The van der Waals surface area contributed by atoms with Gasteiger partial charge in [-0.15, -0.1) is 12.4 Å². The Bertz CT molecular complexity index is 600. The number of rotatable bonds is 6. The van der Waals surface area contributed by atoms with Crippen LogP contribution in [-0.4, -0.2) is 38.7 Å². The van der Waals surface area contributed by atoms with Crippen LogP contribution < -0.4 is 15.4 Å². The van der Waals surface area contributed by atoms with Gasteiger partial charge in [-0.1, -0.05) is 0 Å². The Morgan fingerprint density at radius 3 is 2.56 bits per heavy atom. The van der Waals surface area contributed by atoms with Crippen molar-refractivity contribution in [2.75, 3.05) is 32.1 Å². The Morgan fingerprint density at radius 2 is 1.92 bits per heavy atom. The normalized spacial score (nSPS) is 20.3. The molecule has 1 aromatic carbocycles. The number of carbonyl (C=O) groups excluding carboxylic acids is 2. The van der Waals surface area contributed by atoms with Gasteiger partial charge in [0.1, 0.15) is 5.75 Å². The third-order valence-corrected chi connectivity index (χ3v) is 5.03. The Hall–Kier alpha value is -1.79. The maximum atomic E-state index is 12.4. The minimum Gasteiger partial charge on any atom is -0.493 e. The number of benzene rings is 1. The zero-order chi connectivity index (χ0) is 17.0. The lowest BCUT2D eigenvalue weighted by atomic mass is 9.92. The van der Waals surface area contributed by atoms with Crippen LogP contribution >= 0.6 is 12.4 Å². The van der Waals surface area contributed by atoms with E-state index in [1.165, 1.54) is 7.11 Å². The molecule has 3 rings (SSSR count). The van der Waals surface area contributed by atoms with Crippen molar-refractivity contribution in [2.24, 2.45) is 11.3 Å². The predicted octanol–water partition coefficient (Wildman–Crippen LogP) is 2.38. The summed E-state index contributed by atoms with van der Waals surface area (Å²) in [6, 6.07) is 7.23. The highest BCUT2D eigenvalue weighted by atomic mass is 35.5. The van der Waals surface area contributed by atoms with Crippen LogP contribution in [-0.2, 0) is 14.3 Å². The third kappa shape index (κ3) is 4.86. The molecular weight excluding hydrogens is 344 g/mol. The standard InChI is InChI=1S/C18H24N2O4.ClH/c1-23-16(21)6-11-24-14-4-2-13(3-5-14)20-17(22)15-12-18(15)7-9-19-10-8-18;/h2-5,15,19H,6-12H2,1H3,(H,20,22);1H. The maximum absolute atomic E-state index is 12.4. The number of piperidine rings is 1. The second-order valence-corrected chi connectivity index (χ2v) is 6.56. The first-order valence-electron chi connectivity index (χ1n) is 8.44. The Kier molecular flexibility index (Phi) is 6.67. The van der Waals surface area contributed by atoms with Crippen LogP contribution in [0.3, 0.4) is 0 Å². The van der Waals surface area contributed by atoms with Crippen molar-refractivity contribution in [3.05, 3.63) is 24.3 Å². The molecule has 138 valence electrons. The summed E-state index contributed by atoms with van der Waals surface area (Å²) >= 11 is 0. The first kappa shape index (κ1) is 19.5. The summed E-state index contributed by atoms with van der Waals surface area (Å²) in [7, 11) is 1.35. The van der Waals surface area contributed by atoms with Gasteiger partial charge in [-0.05, 0) is 62.0 Å². The summed E-state index contributed by atoms with van der Waals surface area (Å²) < 4.78 is 10.0. The molecule has 0 radical (unpaired) electrons. The van der Waals surface area contributed by atoms with Gasteiger partial charge in [-0.2, -0.15) is 0 Å². The fourth-order valence-electron chi connectivity index (χ4n) is 3.41. The molecule has 1 saturated carbocycles. The van der Waals surface area contributed by atoms with Crippen LogP contribution in [0.15, 0.2) is 24.3 Å². The molecule has 1 aliphatic heterocycles. The lowest BCUT2D eigenvalue weighted by Gasteiger charge is -2.23. The fraction of sp³-hybridized carbons (Fsp3) is 0.556. The fourth-order valence-corrected chi connectivity index (χ4v) is 3.41. The van der Waals surface area contributed by atoms with Crippen LogP contribution in [0.4, 0.5) is 5.69 Å². The molecular formula is C18H25ClN2O4. The van der Waals surface area contributed by atoms with E-state index in [1.807, 2.05) is 12.1 Å². The van der Waals surface area contributed by atoms with Crippen molar-refractivity contribution in [3.63, 3.8) is 0 Å². The molecule has 0 aromatic heterocycles. The Balaban J connectivity index is 0.00000225. The van der Waals surface area contributed by atoms with Crippen molar-refractivity contribution in [2.45, 2.75) is 25.7 Å². The monoisotopic (exact) mass is 368 g/mol. The van der Waals surface area contributed by atoms with Gasteiger partial charge in [-0.3, -0.25) is 9.59 Å². The van der Waals surface area contributed by atoms with E-state index in [4.69, 9.17) is 4.74 Å². The summed E-state index contributed by atoms with van der Waals surface area (Å²) in [5, 5.41) is 6.35. The number of carbonyl (C=O) groups is 2. The number of esters is 1. The molecule has 1 spiro atoms. The Morgan fingerprint density at radius 1 is 1.24 bits per heavy atom. The SMILES string of the molecule is COC(=O)CCOc1ccc(NC(=O)C2CC23CCNCC3)cc1.Cl. The summed E-state index contributed by atoms with van der Waals surface area (Å²) in [5.41, 5.74) is 1.02. The molecule has 1 atom stereocenters. The van der Waals surface area contributed by atoms with Crippen LogP contribution in [0, 0.1) is 11.3 Å². The number of methoxy groups -OCH3 is 1. The van der Waals surface area contributed by atoms with E-state index in [2.05, 4.69) is 15.4 Å². The second kappa shape index (κ2) is 8.54. The van der Waals surface area contributed by atoms with Gasteiger partial charge in [0.25, 0.3) is 0 Å². The van der Waals surface area contributed by atoms with E-state index >= 15 is 0 Å². The predicted molar refractivity (Wildman–Crippen MR) is 97.1 cm³/mol. The van der Waals surface area contributed by atoms with Crippen molar-refractivity contribution in [1.29, 1.82) is 0 Å². The maximum Gasteiger partial charge on any atom is 0.308 e. The van der Waals surface area contributed by atoms with Crippen molar-refractivity contribution >= 4 is 30.0 Å². The Labute approximate surface area is 154 Å². The molecule has 1 unspecified atom stereocenters. The van der Waals surface area contributed by atoms with Crippen molar-refractivity contribution in [3.8, 4) is 5.75 Å². The first-order valence-corrected chi connectivity index (χ1v) is 8.44. The summed E-state index contributed by atoms with van der Waals surface area (Å²) in [5.74, 6) is 0.639. The van der Waals surface area contributed by atoms with E-state index in [9.17, 15) is 9.59 Å². The van der Waals surface area contributed by atoms with Gasteiger partial charge < -0.3 is 20.1 Å². The van der Waals surface area contributed by atoms with E-state index in [0.29, 0.717) is 5.75 Å². The number of hydrogen-bond donors (Lipinski definition) is 2. The zero-order valence-corrected chi connectivity index (χ0v) is 15.2. The van der Waals surface area contributed by atoms with Gasteiger partial charge in [0.15, 0.2) is 0 Å². The van der Waals surface area contributed by atoms with E-state index in [0.717, 1.165) is 38.0 Å². The molecule has 25 heavy (non-hydrogen) atoms. The van der Waals surface area contributed by atoms with Crippen molar-refractivity contribution < 1.29 is 19.1 Å². The molecule has 1 heterocycles. The zero-order valence-electron chi connectivity index (χ0n) is 14.4. The van der Waals surface area contributed by atoms with E-state index in [-0.39, 0.29) is 48.6 Å². The molecule has 0 bridgehead atoms. The molecule has 1 amide bonds. The number of anilines is 1. The molecule has 6 nitrogen and oxygen atoms in total. The molecule has 1 aromatic rings. The molecule has 2 aliphatic rings. The second-order valence-electron chi connectivity index (χ2n) is 6.56. The summed E-state index contributed by atoms with van der Waals surface area (Å²) in [4.78, 5) is 23.4. The van der Waals surface area contributed by atoms with Gasteiger partial charge in [0.05, 0.1) is 20.1 Å². The van der Waals surface area contributed by atoms with Crippen LogP contribution in [0.25, 0.3) is 0 Å². The lowest BCUT2D eigenvalue weighted by Crippen LogP contribution is -2.31. The average Bonchev–Trinajstić information content (AvgIpc) is 3.30. The summed E-state index contributed by atoms with van der Waals surface area (Å²) in [6.07, 6.45) is 3.42. The van der Waals surface area contributed by atoms with E-state index < -0.39 is 0 Å². The number of amides is 1. The van der Waals surface area contributed by atoms with Crippen LogP contribution in [0.1, 0.15) is 25.7 Å². The summed E-state index contributed by atoms with van der Waals surface area (Å²) in [6.45, 7) is 2.31. The largest absolute Gasteiger partial charge is 0.493 e. The third-order valence-electron chi connectivity index (χ3n) is 5.03. The highest BCUT2D eigenvalue weighted by molar-refractivity contribution is 5.95. The van der Waals surface area contributed by atoms with Crippen LogP contribution in [0.2, 0.25) is 0 Å². The topological polar surface area (TPSA) is 76.7 Å². The lowest BCUT2D eigenvalue weighted by molar-refractivity contribution is -0.141. The molecule has 7 heteroatoms. The van der Waals surface area contributed by atoms with Gasteiger partial charge >= 0.3 is 5.97 Å².